The number of nitrogens with one attached hydrogen (secondary N) is 1. The van der Waals surface area contributed by atoms with Gasteiger partial charge in [-0.15, -0.1) is 0 Å². The second kappa shape index (κ2) is 6.60. The lowest BCUT2D eigenvalue weighted by atomic mass is 10.0. The third-order valence-electron chi connectivity index (χ3n) is 4.50. The molecule has 2 rings (SSSR count). The van der Waals surface area contributed by atoms with Crippen LogP contribution in [0.5, 0.6) is 0 Å². The lowest BCUT2D eigenvalue weighted by Gasteiger charge is -2.28. The van der Waals surface area contributed by atoms with Crippen LogP contribution in [0, 0.1) is 11.8 Å². The zero-order valence-corrected chi connectivity index (χ0v) is 12.5. The summed E-state index contributed by atoms with van der Waals surface area (Å²) in [5.41, 5.74) is 0. The first-order chi connectivity index (χ1) is 9.11. The SMILES string of the molecule is CCOC(CCNC(=O)N1CC2CCC1C2)C(C)C. The van der Waals surface area contributed by atoms with E-state index < -0.39 is 0 Å². The molecule has 3 atom stereocenters. The number of urea groups is 1. The van der Waals surface area contributed by atoms with Gasteiger partial charge in [0, 0.05) is 25.7 Å². The summed E-state index contributed by atoms with van der Waals surface area (Å²) < 4.78 is 5.70. The fourth-order valence-electron chi connectivity index (χ4n) is 3.42. The molecule has 4 heteroatoms. The Bertz CT molecular complexity index is 307. The Kier molecular flexibility index (Phi) is 5.08. The molecule has 0 aromatic heterocycles. The zero-order valence-electron chi connectivity index (χ0n) is 12.5. The fourth-order valence-corrected chi connectivity index (χ4v) is 3.42. The molecular formula is C15H28N2O2. The fraction of sp³-hybridized carbons (Fsp3) is 0.933. The van der Waals surface area contributed by atoms with E-state index in [0.29, 0.717) is 12.0 Å². The van der Waals surface area contributed by atoms with Gasteiger partial charge in [0.05, 0.1) is 6.10 Å². The highest BCUT2D eigenvalue weighted by Gasteiger charge is 2.40. The number of hydrogen-bond acceptors (Lipinski definition) is 2. The molecule has 2 amide bonds. The van der Waals surface area contributed by atoms with Crippen LogP contribution in [-0.2, 0) is 4.74 Å². The van der Waals surface area contributed by atoms with E-state index in [-0.39, 0.29) is 12.1 Å². The number of rotatable bonds is 6. The molecule has 0 spiro atoms. The van der Waals surface area contributed by atoms with E-state index in [1.807, 2.05) is 11.8 Å². The van der Waals surface area contributed by atoms with E-state index in [1.165, 1.54) is 19.3 Å². The quantitative estimate of drug-likeness (QED) is 0.804. The van der Waals surface area contributed by atoms with Crippen LogP contribution < -0.4 is 5.32 Å². The second-order valence-electron chi connectivity index (χ2n) is 6.24. The summed E-state index contributed by atoms with van der Waals surface area (Å²) in [6.45, 7) is 8.79. The Morgan fingerprint density at radius 2 is 2.21 bits per heavy atom. The molecule has 4 nitrogen and oxygen atoms in total. The van der Waals surface area contributed by atoms with Gasteiger partial charge >= 0.3 is 6.03 Å². The van der Waals surface area contributed by atoms with E-state index in [4.69, 9.17) is 4.74 Å². The summed E-state index contributed by atoms with van der Waals surface area (Å²) in [6.07, 6.45) is 4.89. The average molecular weight is 268 g/mol. The summed E-state index contributed by atoms with van der Waals surface area (Å²) in [6, 6.07) is 0.643. The highest BCUT2D eigenvalue weighted by atomic mass is 16.5. The van der Waals surface area contributed by atoms with Crippen molar-refractivity contribution in [2.75, 3.05) is 19.7 Å². The highest BCUT2D eigenvalue weighted by molar-refractivity contribution is 5.75. The first-order valence-corrected chi connectivity index (χ1v) is 7.77. The molecule has 1 aliphatic heterocycles. The highest BCUT2D eigenvalue weighted by Crippen LogP contribution is 2.37. The molecule has 0 aromatic rings. The molecular weight excluding hydrogens is 240 g/mol. The minimum atomic E-state index is 0.131. The Morgan fingerprint density at radius 3 is 2.74 bits per heavy atom. The van der Waals surface area contributed by atoms with Crippen molar-refractivity contribution in [1.82, 2.24) is 10.2 Å². The van der Waals surface area contributed by atoms with E-state index in [1.54, 1.807) is 0 Å². The largest absolute Gasteiger partial charge is 0.378 e. The van der Waals surface area contributed by atoms with Crippen LogP contribution in [0.25, 0.3) is 0 Å². The van der Waals surface area contributed by atoms with E-state index in [9.17, 15) is 4.79 Å². The van der Waals surface area contributed by atoms with Crippen molar-refractivity contribution < 1.29 is 9.53 Å². The number of nitrogens with zero attached hydrogens (tertiary/aromatic N) is 1. The number of ether oxygens (including phenoxy) is 1. The summed E-state index contributed by atoms with van der Waals surface area (Å²) >= 11 is 0. The van der Waals surface area contributed by atoms with Crippen LogP contribution in [0.2, 0.25) is 0 Å². The molecule has 2 bridgehead atoms. The van der Waals surface area contributed by atoms with Crippen molar-refractivity contribution in [3.8, 4) is 0 Å². The first kappa shape index (κ1) is 14.6. The van der Waals surface area contributed by atoms with Crippen LogP contribution in [0.1, 0.15) is 46.5 Å². The first-order valence-electron chi connectivity index (χ1n) is 7.77. The van der Waals surface area contributed by atoms with Gasteiger partial charge in [-0.05, 0) is 44.4 Å². The van der Waals surface area contributed by atoms with Gasteiger partial charge in [-0.25, -0.2) is 4.79 Å². The lowest BCUT2D eigenvalue weighted by molar-refractivity contribution is 0.0253. The zero-order chi connectivity index (χ0) is 13.8. The molecule has 1 N–H and O–H groups in total. The lowest BCUT2D eigenvalue weighted by Crippen LogP contribution is -2.45. The van der Waals surface area contributed by atoms with Gasteiger partial charge in [-0.3, -0.25) is 0 Å². The van der Waals surface area contributed by atoms with Gasteiger partial charge in [0.2, 0.25) is 0 Å². The molecule has 1 saturated carbocycles. The molecule has 110 valence electrons. The van der Waals surface area contributed by atoms with Crippen LogP contribution >= 0.6 is 0 Å². The molecule has 19 heavy (non-hydrogen) atoms. The Morgan fingerprint density at radius 1 is 1.42 bits per heavy atom. The van der Waals surface area contributed by atoms with Crippen molar-refractivity contribution in [3.05, 3.63) is 0 Å². The number of piperidine rings is 1. The topological polar surface area (TPSA) is 41.6 Å². The number of hydrogen-bond donors (Lipinski definition) is 1. The Hall–Kier alpha value is -0.770. The summed E-state index contributed by atoms with van der Waals surface area (Å²) in [5, 5.41) is 3.06. The van der Waals surface area contributed by atoms with E-state index in [0.717, 1.165) is 32.0 Å². The molecule has 3 unspecified atom stereocenters. The molecule has 1 aliphatic carbocycles. The minimum Gasteiger partial charge on any atom is -0.378 e. The van der Waals surface area contributed by atoms with Gasteiger partial charge in [0.1, 0.15) is 0 Å². The van der Waals surface area contributed by atoms with Crippen LogP contribution in [-0.4, -0.2) is 42.8 Å². The molecule has 0 radical (unpaired) electrons. The maximum Gasteiger partial charge on any atom is 0.317 e. The van der Waals surface area contributed by atoms with Crippen molar-refractivity contribution in [2.45, 2.75) is 58.6 Å². The standard InChI is InChI=1S/C15H28N2O2/c1-4-19-14(11(2)3)7-8-16-15(18)17-10-12-5-6-13(17)9-12/h11-14H,4-10H2,1-3H3,(H,16,18). The summed E-state index contributed by atoms with van der Waals surface area (Å²) in [4.78, 5) is 14.2. The van der Waals surface area contributed by atoms with Gasteiger partial charge < -0.3 is 15.0 Å². The molecule has 0 aromatic carbocycles. The third-order valence-corrected chi connectivity index (χ3v) is 4.50. The number of likely N-dealkylation sites (tertiary alicyclic amines) is 1. The molecule has 2 fully saturated rings. The summed E-state index contributed by atoms with van der Waals surface area (Å²) in [7, 11) is 0. The van der Waals surface area contributed by atoms with Crippen LogP contribution in [0.4, 0.5) is 4.79 Å². The maximum absolute atomic E-state index is 12.1. The van der Waals surface area contributed by atoms with Gasteiger partial charge in [-0.1, -0.05) is 13.8 Å². The summed E-state index contributed by atoms with van der Waals surface area (Å²) in [5.74, 6) is 1.27. The predicted molar refractivity (Wildman–Crippen MR) is 76.1 cm³/mol. The number of amides is 2. The number of carbonyl (C=O) groups is 1. The van der Waals surface area contributed by atoms with Gasteiger partial charge in [-0.2, -0.15) is 0 Å². The van der Waals surface area contributed by atoms with Crippen LogP contribution in [0.3, 0.4) is 0 Å². The normalized spacial score (nSPS) is 27.1. The van der Waals surface area contributed by atoms with Gasteiger partial charge in [0.25, 0.3) is 0 Å². The number of fused-ring (bicyclic) bond motifs is 2. The third kappa shape index (κ3) is 3.62. The van der Waals surface area contributed by atoms with Gasteiger partial charge in [0.15, 0.2) is 0 Å². The van der Waals surface area contributed by atoms with Crippen molar-refractivity contribution in [3.63, 3.8) is 0 Å². The van der Waals surface area contributed by atoms with Crippen LogP contribution in [0.15, 0.2) is 0 Å². The maximum atomic E-state index is 12.1. The molecule has 1 heterocycles. The van der Waals surface area contributed by atoms with Crippen molar-refractivity contribution in [2.24, 2.45) is 11.8 Å². The second-order valence-corrected chi connectivity index (χ2v) is 6.24. The Balaban J connectivity index is 1.69. The van der Waals surface area contributed by atoms with E-state index >= 15 is 0 Å². The number of carbonyl (C=O) groups excluding carboxylic acids is 1. The minimum absolute atomic E-state index is 0.131. The molecule has 2 aliphatic rings. The predicted octanol–water partition coefficient (Wildman–Crippen LogP) is 2.63. The average Bonchev–Trinajstić information content (AvgIpc) is 2.99. The van der Waals surface area contributed by atoms with E-state index in [2.05, 4.69) is 19.2 Å². The smallest absolute Gasteiger partial charge is 0.317 e. The van der Waals surface area contributed by atoms with Crippen molar-refractivity contribution in [1.29, 1.82) is 0 Å². The van der Waals surface area contributed by atoms with Crippen molar-refractivity contribution >= 4 is 6.03 Å². The Labute approximate surface area is 116 Å². The molecule has 1 saturated heterocycles. The monoisotopic (exact) mass is 268 g/mol.